The normalized spacial score (nSPS) is 10.4. The summed E-state index contributed by atoms with van der Waals surface area (Å²) in [5, 5.41) is 9.15. The van der Waals surface area contributed by atoms with Gasteiger partial charge in [0.15, 0.2) is 0 Å². The minimum Gasteiger partial charge on any atom is -0.390 e. The maximum absolute atomic E-state index is 13.0. The number of hydrogen-bond acceptors (Lipinski definition) is 2. The third-order valence-corrected chi connectivity index (χ3v) is 2.49. The van der Waals surface area contributed by atoms with Crippen molar-refractivity contribution in [2.45, 2.75) is 6.61 Å². The van der Waals surface area contributed by atoms with Crippen molar-refractivity contribution < 1.29 is 9.50 Å². The average Bonchev–Trinajstić information content (AvgIpc) is 2.28. The topological polar surface area (TPSA) is 33.1 Å². The molecule has 0 saturated carbocycles. The lowest BCUT2D eigenvalue weighted by Crippen LogP contribution is -1.91. The summed E-state index contributed by atoms with van der Waals surface area (Å²) in [6.07, 6.45) is 0. The van der Waals surface area contributed by atoms with Gasteiger partial charge in [-0.3, -0.25) is 0 Å². The molecule has 0 atom stereocenters. The van der Waals surface area contributed by atoms with Gasteiger partial charge >= 0.3 is 0 Å². The van der Waals surface area contributed by atoms with Crippen LogP contribution in [0.4, 0.5) is 4.39 Å². The second-order valence-electron chi connectivity index (χ2n) is 3.31. The summed E-state index contributed by atoms with van der Waals surface area (Å²) in [7, 11) is 0. The van der Waals surface area contributed by atoms with Crippen LogP contribution in [0.15, 0.2) is 36.4 Å². The van der Waals surface area contributed by atoms with Crippen LogP contribution in [0.1, 0.15) is 5.69 Å². The van der Waals surface area contributed by atoms with Crippen LogP contribution in [0.2, 0.25) is 5.15 Å². The molecule has 0 spiro atoms. The summed E-state index contributed by atoms with van der Waals surface area (Å²) in [5.74, 6) is -0.320. The number of hydrogen-bond donors (Lipinski definition) is 1. The van der Waals surface area contributed by atoms with E-state index in [1.165, 1.54) is 12.1 Å². The van der Waals surface area contributed by atoms with E-state index in [-0.39, 0.29) is 17.6 Å². The number of nitrogens with zero attached hydrogens (tertiary/aromatic N) is 1. The minimum absolute atomic E-state index is 0.164. The monoisotopic (exact) mass is 237 g/mol. The average molecular weight is 238 g/mol. The molecule has 1 N–H and O–H groups in total. The first-order chi connectivity index (χ1) is 7.70. The van der Waals surface area contributed by atoms with E-state index in [1.807, 2.05) is 0 Å². The summed E-state index contributed by atoms with van der Waals surface area (Å²) >= 11 is 5.95. The summed E-state index contributed by atoms with van der Waals surface area (Å²) in [6.45, 7) is -0.164. The molecule has 0 fully saturated rings. The lowest BCUT2D eigenvalue weighted by molar-refractivity contribution is 0.277. The molecule has 2 rings (SSSR count). The Balaban J connectivity index is 2.48. The van der Waals surface area contributed by atoms with Gasteiger partial charge in [0, 0.05) is 5.56 Å². The molecule has 16 heavy (non-hydrogen) atoms. The van der Waals surface area contributed by atoms with Crippen molar-refractivity contribution in [2.75, 3.05) is 0 Å². The SMILES string of the molecule is OCc1ccc(-c2cccc(F)c2)c(Cl)n1. The standard InChI is InChI=1S/C12H9ClFNO/c13-12-11(5-4-10(7-16)15-12)8-2-1-3-9(14)6-8/h1-6,16H,7H2. The highest BCUT2D eigenvalue weighted by Crippen LogP contribution is 2.26. The predicted octanol–water partition coefficient (Wildman–Crippen LogP) is 3.03. The van der Waals surface area contributed by atoms with Gasteiger partial charge in [-0.2, -0.15) is 0 Å². The molecule has 2 nitrogen and oxygen atoms in total. The summed E-state index contributed by atoms with van der Waals surface area (Å²) in [4.78, 5) is 3.99. The molecule has 0 aliphatic heterocycles. The Kier molecular flexibility index (Phi) is 3.17. The minimum atomic E-state index is -0.320. The summed E-state index contributed by atoms with van der Waals surface area (Å²) < 4.78 is 13.0. The van der Waals surface area contributed by atoms with Crippen LogP contribution < -0.4 is 0 Å². The fourth-order valence-corrected chi connectivity index (χ4v) is 1.71. The number of aliphatic hydroxyl groups excluding tert-OH is 1. The van der Waals surface area contributed by atoms with E-state index >= 15 is 0 Å². The fraction of sp³-hybridized carbons (Fsp3) is 0.0833. The van der Waals surface area contributed by atoms with Crippen molar-refractivity contribution in [3.8, 4) is 11.1 Å². The molecule has 0 aliphatic carbocycles. The van der Waals surface area contributed by atoms with Crippen molar-refractivity contribution >= 4 is 11.6 Å². The van der Waals surface area contributed by atoms with Gasteiger partial charge in [-0.1, -0.05) is 23.7 Å². The highest BCUT2D eigenvalue weighted by Gasteiger charge is 2.06. The third-order valence-electron chi connectivity index (χ3n) is 2.20. The Morgan fingerprint density at radius 3 is 2.69 bits per heavy atom. The second-order valence-corrected chi connectivity index (χ2v) is 3.67. The maximum atomic E-state index is 13.0. The Morgan fingerprint density at radius 1 is 1.25 bits per heavy atom. The van der Waals surface area contributed by atoms with Gasteiger partial charge in [0.2, 0.25) is 0 Å². The Labute approximate surface area is 97.3 Å². The number of rotatable bonds is 2. The third kappa shape index (κ3) is 2.21. The molecule has 2 aromatic rings. The van der Waals surface area contributed by atoms with E-state index in [2.05, 4.69) is 4.98 Å². The first kappa shape index (κ1) is 11.0. The highest BCUT2D eigenvalue weighted by atomic mass is 35.5. The van der Waals surface area contributed by atoms with Crippen LogP contribution in [-0.4, -0.2) is 10.1 Å². The van der Waals surface area contributed by atoms with Crippen molar-refractivity contribution in [1.82, 2.24) is 4.98 Å². The van der Waals surface area contributed by atoms with Crippen LogP contribution in [0.25, 0.3) is 11.1 Å². The molecular weight excluding hydrogens is 229 g/mol. The quantitative estimate of drug-likeness (QED) is 0.815. The highest BCUT2D eigenvalue weighted by molar-refractivity contribution is 6.32. The predicted molar refractivity (Wildman–Crippen MR) is 60.6 cm³/mol. The van der Waals surface area contributed by atoms with Gasteiger partial charge < -0.3 is 5.11 Å². The Bertz CT molecular complexity index is 516. The Morgan fingerprint density at radius 2 is 2.06 bits per heavy atom. The van der Waals surface area contributed by atoms with Crippen molar-refractivity contribution in [3.63, 3.8) is 0 Å². The van der Waals surface area contributed by atoms with Crippen molar-refractivity contribution in [3.05, 3.63) is 53.1 Å². The van der Waals surface area contributed by atoms with Gasteiger partial charge in [0.1, 0.15) is 11.0 Å². The zero-order chi connectivity index (χ0) is 11.5. The number of aromatic nitrogens is 1. The molecule has 1 aromatic carbocycles. The van der Waals surface area contributed by atoms with Crippen molar-refractivity contribution in [1.29, 1.82) is 0 Å². The van der Waals surface area contributed by atoms with Gasteiger partial charge in [-0.05, 0) is 29.8 Å². The Hall–Kier alpha value is -1.45. The molecule has 0 unspecified atom stereocenters. The largest absolute Gasteiger partial charge is 0.390 e. The van der Waals surface area contributed by atoms with Gasteiger partial charge in [-0.15, -0.1) is 0 Å². The van der Waals surface area contributed by atoms with Crippen molar-refractivity contribution in [2.24, 2.45) is 0 Å². The maximum Gasteiger partial charge on any atom is 0.137 e. The number of pyridine rings is 1. The number of aliphatic hydroxyl groups is 1. The van der Waals surface area contributed by atoms with Crippen LogP contribution in [0, 0.1) is 5.82 Å². The zero-order valence-electron chi connectivity index (χ0n) is 8.32. The lowest BCUT2D eigenvalue weighted by Gasteiger charge is -2.05. The first-order valence-corrected chi connectivity index (χ1v) is 5.10. The van der Waals surface area contributed by atoms with Crippen LogP contribution in [-0.2, 0) is 6.61 Å². The molecule has 0 amide bonds. The lowest BCUT2D eigenvalue weighted by atomic mass is 10.1. The van der Waals surface area contributed by atoms with E-state index in [1.54, 1.807) is 24.3 Å². The van der Waals surface area contributed by atoms with Gasteiger partial charge in [0.05, 0.1) is 12.3 Å². The molecule has 0 aliphatic rings. The molecule has 1 heterocycles. The van der Waals surface area contributed by atoms with E-state index in [4.69, 9.17) is 16.7 Å². The number of benzene rings is 1. The smallest absolute Gasteiger partial charge is 0.137 e. The van der Waals surface area contributed by atoms with Gasteiger partial charge in [0.25, 0.3) is 0 Å². The van der Waals surface area contributed by atoms with E-state index < -0.39 is 0 Å². The van der Waals surface area contributed by atoms with Crippen LogP contribution in [0.5, 0.6) is 0 Å². The molecule has 1 aromatic heterocycles. The summed E-state index contributed by atoms with van der Waals surface area (Å²) in [5.41, 5.74) is 1.81. The van der Waals surface area contributed by atoms with E-state index in [9.17, 15) is 4.39 Å². The number of halogens is 2. The zero-order valence-corrected chi connectivity index (χ0v) is 9.08. The molecule has 0 saturated heterocycles. The second kappa shape index (κ2) is 4.60. The van der Waals surface area contributed by atoms with Crippen LogP contribution in [0.3, 0.4) is 0 Å². The first-order valence-electron chi connectivity index (χ1n) is 4.73. The van der Waals surface area contributed by atoms with Crippen LogP contribution >= 0.6 is 11.6 Å². The molecule has 0 radical (unpaired) electrons. The fourth-order valence-electron chi connectivity index (χ4n) is 1.43. The molecule has 82 valence electrons. The van der Waals surface area contributed by atoms with E-state index in [0.717, 1.165) is 0 Å². The van der Waals surface area contributed by atoms with Gasteiger partial charge in [-0.25, -0.2) is 9.37 Å². The molecular formula is C12H9ClFNO. The summed E-state index contributed by atoms with van der Waals surface area (Å²) in [6, 6.07) is 9.50. The molecule has 0 bridgehead atoms. The molecule has 4 heteroatoms. The van der Waals surface area contributed by atoms with E-state index in [0.29, 0.717) is 16.8 Å².